The molecule has 4 heteroatoms. The summed E-state index contributed by atoms with van der Waals surface area (Å²) in [5.74, 6) is -0.467. The number of benzene rings is 2. The van der Waals surface area contributed by atoms with Crippen LogP contribution in [0.1, 0.15) is 11.1 Å². The second-order valence-electron chi connectivity index (χ2n) is 4.88. The molecular weight excluding hydrogens is 280 g/mol. The van der Waals surface area contributed by atoms with E-state index in [1.54, 1.807) is 12.1 Å². The summed E-state index contributed by atoms with van der Waals surface area (Å²) >= 11 is 6.02. The summed E-state index contributed by atoms with van der Waals surface area (Å²) in [6.07, 6.45) is 1.31. The second kappa shape index (κ2) is 6.82. The fraction of sp³-hybridized carbons (Fsp3) is 0.250. The second-order valence-corrected chi connectivity index (χ2v) is 5.28. The van der Waals surface area contributed by atoms with Crippen molar-refractivity contribution in [2.75, 3.05) is 6.54 Å². The van der Waals surface area contributed by atoms with Gasteiger partial charge >= 0.3 is 0 Å². The standard InChI is InChI=1S/C16H16ClF2N/c17-16-9-15(19)5-4-13(16)7-12(10-20)6-11-2-1-3-14(18)8-11/h1-5,8-9,12H,6-7,10,20H2. The Morgan fingerprint density at radius 2 is 1.75 bits per heavy atom. The fourth-order valence-corrected chi connectivity index (χ4v) is 2.48. The van der Waals surface area contributed by atoms with Gasteiger partial charge in [0.15, 0.2) is 0 Å². The summed E-state index contributed by atoms with van der Waals surface area (Å²) in [6.45, 7) is 0.463. The van der Waals surface area contributed by atoms with Crippen molar-refractivity contribution in [1.29, 1.82) is 0 Å². The predicted molar refractivity (Wildman–Crippen MR) is 77.8 cm³/mol. The summed E-state index contributed by atoms with van der Waals surface area (Å²) in [6, 6.07) is 10.8. The predicted octanol–water partition coefficient (Wildman–Crippen LogP) is 3.98. The smallest absolute Gasteiger partial charge is 0.124 e. The van der Waals surface area contributed by atoms with Crippen LogP contribution in [0.2, 0.25) is 5.02 Å². The van der Waals surface area contributed by atoms with Crippen LogP contribution in [-0.2, 0) is 12.8 Å². The van der Waals surface area contributed by atoms with Crippen molar-refractivity contribution in [3.05, 3.63) is 70.2 Å². The molecule has 0 radical (unpaired) electrons. The third-order valence-corrected chi connectivity index (χ3v) is 3.62. The van der Waals surface area contributed by atoms with Gasteiger partial charge in [0.05, 0.1) is 0 Å². The first kappa shape index (κ1) is 14.9. The van der Waals surface area contributed by atoms with Crippen LogP contribution < -0.4 is 5.73 Å². The lowest BCUT2D eigenvalue weighted by atomic mass is 9.92. The molecule has 0 aromatic heterocycles. The largest absolute Gasteiger partial charge is 0.330 e. The van der Waals surface area contributed by atoms with Crippen molar-refractivity contribution in [1.82, 2.24) is 0 Å². The highest BCUT2D eigenvalue weighted by Gasteiger charge is 2.12. The van der Waals surface area contributed by atoms with Crippen LogP contribution in [0, 0.1) is 17.6 Å². The molecule has 0 spiro atoms. The Hall–Kier alpha value is -1.45. The Kier molecular flexibility index (Phi) is 5.10. The Morgan fingerprint density at radius 3 is 2.40 bits per heavy atom. The van der Waals surface area contributed by atoms with E-state index in [0.717, 1.165) is 11.1 Å². The van der Waals surface area contributed by atoms with Crippen molar-refractivity contribution >= 4 is 11.6 Å². The minimum absolute atomic E-state index is 0.139. The van der Waals surface area contributed by atoms with E-state index in [1.165, 1.54) is 24.3 Å². The molecule has 0 saturated carbocycles. The lowest BCUT2D eigenvalue weighted by Crippen LogP contribution is -2.19. The normalized spacial score (nSPS) is 12.4. The summed E-state index contributed by atoms with van der Waals surface area (Å²) in [7, 11) is 0. The molecule has 2 rings (SSSR count). The molecular formula is C16H16ClF2N. The molecule has 0 amide bonds. The highest BCUT2D eigenvalue weighted by atomic mass is 35.5. The van der Waals surface area contributed by atoms with Gasteiger partial charge in [0.2, 0.25) is 0 Å². The third kappa shape index (κ3) is 4.02. The van der Waals surface area contributed by atoms with E-state index in [9.17, 15) is 8.78 Å². The van der Waals surface area contributed by atoms with Gasteiger partial charge in [-0.3, -0.25) is 0 Å². The maximum atomic E-state index is 13.2. The van der Waals surface area contributed by atoms with Crippen LogP contribution in [0.4, 0.5) is 8.78 Å². The Balaban J connectivity index is 2.09. The van der Waals surface area contributed by atoms with Gasteiger partial charge in [-0.25, -0.2) is 8.78 Å². The van der Waals surface area contributed by atoms with E-state index in [-0.39, 0.29) is 17.6 Å². The van der Waals surface area contributed by atoms with Crippen molar-refractivity contribution in [2.45, 2.75) is 12.8 Å². The van der Waals surface area contributed by atoms with Gasteiger partial charge < -0.3 is 5.73 Å². The molecule has 0 aliphatic carbocycles. The maximum absolute atomic E-state index is 13.2. The fourth-order valence-electron chi connectivity index (χ4n) is 2.23. The van der Waals surface area contributed by atoms with E-state index in [0.29, 0.717) is 24.4 Å². The molecule has 106 valence electrons. The average Bonchev–Trinajstić information content (AvgIpc) is 2.41. The molecule has 0 aliphatic heterocycles. The Morgan fingerprint density at radius 1 is 1.00 bits per heavy atom. The van der Waals surface area contributed by atoms with Crippen molar-refractivity contribution in [2.24, 2.45) is 11.7 Å². The van der Waals surface area contributed by atoms with E-state index < -0.39 is 0 Å². The zero-order valence-electron chi connectivity index (χ0n) is 11.0. The van der Waals surface area contributed by atoms with E-state index in [2.05, 4.69) is 0 Å². The molecule has 0 fully saturated rings. The molecule has 1 nitrogen and oxygen atoms in total. The van der Waals surface area contributed by atoms with Gasteiger partial charge in [0, 0.05) is 5.02 Å². The highest BCUT2D eigenvalue weighted by Crippen LogP contribution is 2.22. The molecule has 2 aromatic rings. The topological polar surface area (TPSA) is 26.0 Å². The quantitative estimate of drug-likeness (QED) is 0.887. The molecule has 0 saturated heterocycles. The van der Waals surface area contributed by atoms with Crippen LogP contribution in [0.25, 0.3) is 0 Å². The lowest BCUT2D eigenvalue weighted by molar-refractivity contribution is 0.529. The molecule has 1 unspecified atom stereocenters. The average molecular weight is 296 g/mol. The summed E-state index contributed by atoms with van der Waals surface area (Å²) in [5.41, 5.74) is 7.54. The number of nitrogens with two attached hydrogens (primary N) is 1. The first-order valence-electron chi connectivity index (χ1n) is 6.47. The maximum Gasteiger partial charge on any atom is 0.124 e. The van der Waals surface area contributed by atoms with Gasteiger partial charge in [0.1, 0.15) is 11.6 Å². The number of hydrogen-bond donors (Lipinski definition) is 1. The molecule has 2 N–H and O–H groups in total. The van der Waals surface area contributed by atoms with Gasteiger partial charge in [-0.05, 0) is 60.7 Å². The number of rotatable bonds is 5. The molecule has 1 atom stereocenters. The first-order valence-corrected chi connectivity index (χ1v) is 6.84. The summed E-state index contributed by atoms with van der Waals surface area (Å²) < 4.78 is 26.2. The lowest BCUT2D eigenvalue weighted by Gasteiger charge is -2.16. The highest BCUT2D eigenvalue weighted by molar-refractivity contribution is 6.31. The van der Waals surface area contributed by atoms with Crippen LogP contribution in [0.15, 0.2) is 42.5 Å². The Bertz CT molecular complexity index is 586. The van der Waals surface area contributed by atoms with Crippen LogP contribution >= 0.6 is 11.6 Å². The van der Waals surface area contributed by atoms with Gasteiger partial charge in [-0.1, -0.05) is 29.8 Å². The van der Waals surface area contributed by atoms with Gasteiger partial charge in [-0.15, -0.1) is 0 Å². The molecule has 2 aromatic carbocycles. The van der Waals surface area contributed by atoms with E-state index >= 15 is 0 Å². The van der Waals surface area contributed by atoms with E-state index in [4.69, 9.17) is 17.3 Å². The van der Waals surface area contributed by atoms with Crippen LogP contribution in [0.3, 0.4) is 0 Å². The summed E-state index contributed by atoms with van der Waals surface area (Å²) in [4.78, 5) is 0. The molecule has 20 heavy (non-hydrogen) atoms. The first-order chi connectivity index (χ1) is 9.58. The molecule has 0 bridgehead atoms. The number of halogens is 3. The molecule has 0 heterocycles. The SMILES string of the molecule is NCC(Cc1cccc(F)c1)Cc1ccc(F)cc1Cl. The third-order valence-electron chi connectivity index (χ3n) is 3.27. The zero-order valence-corrected chi connectivity index (χ0v) is 11.7. The van der Waals surface area contributed by atoms with Crippen molar-refractivity contribution in [3.63, 3.8) is 0 Å². The van der Waals surface area contributed by atoms with Gasteiger partial charge in [-0.2, -0.15) is 0 Å². The van der Waals surface area contributed by atoms with Crippen LogP contribution in [-0.4, -0.2) is 6.54 Å². The zero-order chi connectivity index (χ0) is 14.5. The summed E-state index contributed by atoms with van der Waals surface area (Å²) in [5, 5.41) is 0.405. The van der Waals surface area contributed by atoms with Crippen LogP contribution in [0.5, 0.6) is 0 Å². The van der Waals surface area contributed by atoms with E-state index in [1.807, 2.05) is 6.07 Å². The molecule has 0 aliphatic rings. The van der Waals surface area contributed by atoms with Crippen molar-refractivity contribution in [3.8, 4) is 0 Å². The monoisotopic (exact) mass is 295 g/mol. The minimum Gasteiger partial charge on any atom is -0.330 e. The van der Waals surface area contributed by atoms with Crippen molar-refractivity contribution < 1.29 is 8.78 Å². The minimum atomic E-state index is -0.354. The Labute approximate surface area is 122 Å². The number of hydrogen-bond acceptors (Lipinski definition) is 1. The van der Waals surface area contributed by atoms with Gasteiger partial charge in [0.25, 0.3) is 0 Å².